The first kappa shape index (κ1) is 16.6. The van der Waals surface area contributed by atoms with Crippen molar-refractivity contribution in [1.29, 1.82) is 0 Å². The largest absolute Gasteiger partial charge is 0.481 e. The summed E-state index contributed by atoms with van der Waals surface area (Å²) in [6.45, 7) is 2.06. The number of carboxylic acid groups (broad SMARTS) is 1. The number of hydrogen-bond donors (Lipinski definition) is 2. The maximum absolute atomic E-state index is 12.2. The summed E-state index contributed by atoms with van der Waals surface area (Å²) in [4.78, 5) is 23.8. The number of carbonyl (C=O) groups is 2. The number of carboxylic acids is 1. The van der Waals surface area contributed by atoms with Crippen LogP contribution in [0.1, 0.15) is 32.6 Å². The van der Waals surface area contributed by atoms with Gasteiger partial charge in [-0.15, -0.1) is 0 Å². The van der Waals surface area contributed by atoms with Gasteiger partial charge in [0.2, 0.25) is 0 Å². The van der Waals surface area contributed by atoms with Gasteiger partial charge in [0.1, 0.15) is 0 Å². The molecule has 8 heteroatoms. The Bertz CT molecular complexity index is 352. The van der Waals surface area contributed by atoms with Gasteiger partial charge in [-0.3, -0.25) is 4.79 Å². The summed E-state index contributed by atoms with van der Waals surface area (Å²) in [5.41, 5.74) is 0. The number of aliphatic carboxylic acids is 1. The zero-order chi connectivity index (χ0) is 15.3. The van der Waals surface area contributed by atoms with E-state index in [0.717, 1.165) is 0 Å². The number of nitrogens with one attached hydrogen (secondary N) is 1. The minimum absolute atomic E-state index is 0.0316. The van der Waals surface area contributed by atoms with Crippen molar-refractivity contribution in [2.45, 2.75) is 44.8 Å². The molecule has 5 nitrogen and oxygen atoms in total. The molecule has 0 aliphatic carbocycles. The van der Waals surface area contributed by atoms with E-state index >= 15 is 0 Å². The Kier molecular flexibility index (Phi) is 5.64. The highest BCUT2D eigenvalue weighted by atomic mass is 19.4. The highest BCUT2D eigenvalue weighted by molar-refractivity contribution is 5.74. The van der Waals surface area contributed by atoms with Crippen LogP contribution in [0.5, 0.6) is 0 Å². The van der Waals surface area contributed by atoms with E-state index in [1.54, 1.807) is 0 Å². The third kappa shape index (κ3) is 6.12. The standard InChI is InChI=1S/C12H19F3N2O3/c1-8(7-12(13,14)15)16-11(20)17-4-2-9(3-5-17)6-10(18)19/h8-9H,2-7H2,1H3,(H,16,20)(H,18,19). The monoisotopic (exact) mass is 296 g/mol. The molecule has 1 aliphatic heterocycles. The second-order valence-electron chi connectivity index (χ2n) is 5.20. The van der Waals surface area contributed by atoms with Gasteiger partial charge >= 0.3 is 18.2 Å². The van der Waals surface area contributed by atoms with Crippen molar-refractivity contribution in [3.63, 3.8) is 0 Å². The normalized spacial score (nSPS) is 18.7. The minimum atomic E-state index is -4.30. The van der Waals surface area contributed by atoms with Gasteiger partial charge < -0.3 is 15.3 Å². The van der Waals surface area contributed by atoms with Crippen molar-refractivity contribution in [2.24, 2.45) is 5.92 Å². The maximum atomic E-state index is 12.2. The lowest BCUT2D eigenvalue weighted by molar-refractivity contribution is -0.139. The number of amides is 2. The predicted octanol–water partition coefficient (Wildman–Crippen LogP) is 2.22. The molecule has 1 fully saturated rings. The number of carbonyl (C=O) groups excluding carboxylic acids is 1. The average Bonchev–Trinajstić information content (AvgIpc) is 2.26. The van der Waals surface area contributed by atoms with E-state index in [-0.39, 0.29) is 12.3 Å². The number of urea groups is 1. The van der Waals surface area contributed by atoms with Gasteiger partial charge in [-0.05, 0) is 25.7 Å². The third-order valence-corrected chi connectivity index (χ3v) is 3.27. The molecule has 116 valence electrons. The first-order valence-corrected chi connectivity index (χ1v) is 6.51. The molecule has 1 heterocycles. The van der Waals surface area contributed by atoms with Crippen LogP contribution in [0.25, 0.3) is 0 Å². The summed E-state index contributed by atoms with van der Waals surface area (Å²) < 4.78 is 36.5. The lowest BCUT2D eigenvalue weighted by Crippen LogP contribution is -2.48. The van der Waals surface area contributed by atoms with Crippen LogP contribution in [0, 0.1) is 5.92 Å². The Balaban J connectivity index is 2.34. The summed E-state index contributed by atoms with van der Waals surface area (Å²) in [5.74, 6) is -0.837. The number of piperidine rings is 1. The molecule has 0 spiro atoms. The van der Waals surface area contributed by atoms with Gasteiger partial charge in [0.15, 0.2) is 0 Å². The van der Waals surface area contributed by atoms with Crippen LogP contribution in [-0.4, -0.2) is 47.3 Å². The van der Waals surface area contributed by atoms with Crippen molar-refractivity contribution < 1.29 is 27.9 Å². The van der Waals surface area contributed by atoms with E-state index in [4.69, 9.17) is 5.11 Å². The zero-order valence-electron chi connectivity index (χ0n) is 11.2. The molecule has 0 bridgehead atoms. The zero-order valence-corrected chi connectivity index (χ0v) is 11.2. The van der Waals surface area contributed by atoms with E-state index in [0.29, 0.717) is 25.9 Å². The molecule has 1 aliphatic rings. The first-order chi connectivity index (χ1) is 9.17. The summed E-state index contributed by atoms with van der Waals surface area (Å²) >= 11 is 0. The van der Waals surface area contributed by atoms with Crippen LogP contribution in [-0.2, 0) is 4.79 Å². The van der Waals surface area contributed by atoms with Crippen molar-refractivity contribution in [3.8, 4) is 0 Å². The SMILES string of the molecule is CC(CC(F)(F)F)NC(=O)N1CCC(CC(=O)O)CC1. The lowest BCUT2D eigenvalue weighted by Gasteiger charge is -2.32. The Morgan fingerprint density at radius 2 is 1.90 bits per heavy atom. The maximum Gasteiger partial charge on any atom is 0.391 e. The molecule has 1 unspecified atom stereocenters. The lowest BCUT2D eigenvalue weighted by atomic mass is 9.94. The van der Waals surface area contributed by atoms with Crippen molar-refractivity contribution in [1.82, 2.24) is 10.2 Å². The van der Waals surface area contributed by atoms with Crippen molar-refractivity contribution >= 4 is 12.0 Å². The third-order valence-electron chi connectivity index (χ3n) is 3.27. The molecule has 2 amide bonds. The Labute approximate surface area is 115 Å². The van der Waals surface area contributed by atoms with Crippen LogP contribution in [0.15, 0.2) is 0 Å². The second-order valence-corrected chi connectivity index (χ2v) is 5.20. The Morgan fingerprint density at radius 3 is 2.35 bits per heavy atom. The molecule has 20 heavy (non-hydrogen) atoms. The second kappa shape index (κ2) is 6.81. The van der Waals surface area contributed by atoms with Crippen LogP contribution in [0.4, 0.5) is 18.0 Å². The van der Waals surface area contributed by atoms with E-state index in [1.807, 2.05) is 0 Å². The number of rotatable bonds is 4. The number of halogens is 3. The van der Waals surface area contributed by atoms with Gasteiger partial charge in [0.25, 0.3) is 0 Å². The average molecular weight is 296 g/mol. The van der Waals surface area contributed by atoms with E-state index in [2.05, 4.69) is 5.32 Å². The predicted molar refractivity (Wildman–Crippen MR) is 65.2 cm³/mol. The van der Waals surface area contributed by atoms with Crippen LogP contribution >= 0.6 is 0 Å². The number of hydrogen-bond acceptors (Lipinski definition) is 2. The molecule has 1 rings (SSSR count). The van der Waals surface area contributed by atoms with Crippen molar-refractivity contribution in [2.75, 3.05) is 13.1 Å². The van der Waals surface area contributed by atoms with E-state index in [1.165, 1.54) is 11.8 Å². The molecular formula is C12H19F3N2O3. The minimum Gasteiger partial charge on any atom is -0.481 e. The van der Waals surface area contributed by atoms with Crippen molar-refractivity contribution in [3.05, 3.63) is 0 Å². The number of nitrogens with zero attached hydrogens (tertiary/aromatic N) is 1. The highest BCUT2D eigenvalue weighted by Gasteiger charge is 2.32. The van der Waals surface area contributed by atoms with E-state index in [9.17, 15) is 22.8 Å². The molecule has 0 saturated carbocycles. The molecule has 0 aromatic rings. The molecule has 0 aromatic heterocycles. The molecule has 1 saturated heterocycles. The quantitative estimate of drug-likeness (QED) is 0.835. The fourth-order valence-electron chi connectivity index (χ4n) is 2.29. The topological polar surface area (TPSA) is 69.6 Å². The highest BCUT2D eigenvalue weighted by Crippen LogP contribution is 2.22. The van der Waals surface area contributed by atoms with Gasteiger partial charge in [-0.1, -0.05) is 0 Å². The molecular weight excluding hydrogens is 277 g/mol. The van der Waals surface area contributed by atoms with E-state index < -0.39 is 30.6 Å². The van der Waals surface area contributed by atoms with Gasteiger partial charge in [-0.25, -0.2) is 4.79 Å². The first-order valence-electron chi connectivity index (χ1n) is 6.51. The van der Waals surface area contributed by atoms with Crippen LogP contribution in [0.2, 0.25) is 0 Å². The molecule has 0 aromatic carbocycles. The number of likely N-dealkylation sites (tertiary alicyclic amines) is 1. The van der Waals surface area contributed by atoms with Gasteiger partial charge in [-0.2, -0.15) is 13.2 Å². The molecule has 1 atom stereocenters. The Hall–Kier alpha value is -1.47. The summed E-state index contributed by atoms with van der Waals surface area (Å²) in [5, 5.41) is 11.0. The van der Waals surface area contributed by atoms with Gasteiger partial charge in [0, 0.05) is 25.6 Å². The van der Waals surface area contributed by atoms with Gasteiger partial charge in [0.05, 0.1) is 6.42 Å². The van der Waals surface area contributed by atoms with Crippen LogP contribution < -0.4 is 5.32 Å². The van der Waals surface area contributed by atoms with Crippen LogP contribution in [0.3, 0.4) is 0 Å². The summed E-state index contributed by atoms with van der Waals surface area (Å²) in [6.07, 6.45) is -4.17. The Morgan fingerprint density at radius 1 is 1.35 bits per heavy atom. The fourth-order valence-corrected chi connectivity index (χ4v) is 2.29. The summed E-state index contributed by atoms with van der Waals surface area (Å²) in [7, 11) is 0. The molecule has 0 radical (unpaired) electrons. The molecule has 2 N–H and O–H groups in total. The fraction of sp³-hybridized carbons (Fsp3) is 0.833. The summed E-state index contributed by atoms with van der Waals surface area (Å²) in [6, 6.07) is -1.49. The number of alkyl halides is 3. The smallest absolute Gasteiger partial charge is 0.391 e.